The van der Waals surface area contributed by atoms with E-state index in [1.54, 1.807) is 0 Å². The van der Waals surface area contributed by atoms with Crippen LogP contribution in [0.5, 0.6) is 0 Å². The van der Waals surface area contributed by atoms with Crippen LogP contribution >= 0.6 is 0 Å². The third-order valence-corrected chi connectivity index (χ3v) is 2.33. The monoisotopic (exact) mass is 285 g/mol. The number of ether oxygens (including phenoxy) is 1. The molecule has 0 saturated carbocycles. The summed E-state index contributed by atoms with van der Waals surface area (Å²) in [5.41, 5.74) is 5.26. The van der Waals surface area contributed by atoms with Crippen LogP contribution in [0.2, 0.25) is 0 Å². The number of carboxylic acid groups (broad SMARTS) is 1. The average molecular weight is 285 g/mol. The molecule has 0 aliphatic heterocycles. The van der Waals surface area contributed by atoms with Gasteiger partial charge in [0.1, 0.15) is 6.04 Å². The minimum absolute atomic E-state index is 0.0606. The molecular formula is C10H15N5O5. The molecule has 0 radical (unpaired) electrons. The van der Waals surface area contributed by atoms with E-state index in [1.165, 1.54) is 10.9 Å². The first kappa shape index (κ1) is 15.6. The van der Waals surface area contributed by atoms with Crippen LogP contribution < -0.4 is 11.1 Å². The molecule has 0 unspecified atom stereocenters. The van der Waals surface area contributed by atoms with Gasteiger partial charge >= 0.3 is 11.9 Å². The number of rotatable bonds is 7. The average Bonchev–Trinajstić information content (AvgIpc) is 2.86. The predicted octanol–water partition coefficient (Wildman–Crippen LogP) is -2.02. The molecule has 0 spiro atoms. The third kappa shape index (κ3) is 4.31. The van der Waals surface area contributed by atoms with Crippen molar-refractivity contribution in [2.75, 3.05) is 13.7 Å². The molecule has 10 nitrogen and oxygen atoms in total. The van der Waals surface area contributed by atoms with Gasteiger partial charge in [0.2, 0.25) is 0 Å². The number of aromatic nitrogens is 3. The van der Waals surface area contributed by atoms with E-state index in [4.69, 9.17) is 10.8 Å². The van der Waals surface area contributed by atoms with Gasteiger partial charge < -0.3 is 20.9 Å². The quantitative estimate of drug-likeness (QED) is 0.486. The van der Waals surface area contributed by atoms with Gasteiger partial charge in [0.05, 0.1) is 26.3 Å². The second-order valence-electron chi connectivity index (χ2n) is 3.80. The number of nitrogens with one attached hydrogen (secondary N) is 1. The van der Waals surface area contributed by atoms with Gasteiger partial charge in [0.15, 0.2) is 5.69 Å². The van der Waals surface area contributed by atoms with E-state index in [0.29, 0.717) is 13.1 Å². The minimum atomic E-state index is -1.39. The highest BCUT2D eigenvalue weighted by molar-refractivity contribution is 5.95. The number of methoxy groups -OCH3 is 1. The molecule has 4 N–H and O–H groups in total. The molecule has 0 bridgehead atoms. The topological polar surface area (TPSA) is 149 Å². The van der Waals surface area contributed by atoms with Crippen LogP contribution in [0.4, 0.5) is 0 Å². The zero-order chi connectivity index (χ0) is 15.1. The van der Waals surface area contributed by atoms with Crippen LogP contribution in [-0.2, 0) is 20.9 Å². The molecule has 1 aromatic rings. The highest BCUT2D eigenvalue weighted by atomic mass is 16.5. The third-order valence-electron chi connectivity index (χ3n) is 2.33. The van der Waals surface area contributed by atoms with E-state index in [-0.39, 0.29) is 5.69 Å². The van der Waals surface area contributed by atoms with Gasteiger partial charge in [-0.05, 0) is 0 Å². The maximum absolute atomic E-state index is 11.8. The van der Waals surface area contributed by atoms with Gasteiger partial charge in [-0.3, -0.25) is 14.3 Å². The largest absolute Gasteiger partial charge is 0.480 e. The second kappa shape index (κ2) is 7.19. The summed E-state index contributed by atoms with van der Waals surface area (Å²) in [6, 6.07) is -1.39. The van der Waals surface area contributed by atoms with Gasteiger partial charge in [-0.1, -0.05) is 5.21 Å². The molecule has 1 amide bonds. The molecule has 0 saturated heterocycles. The molecule has 20 heavy (non-hydrogen) atoms. The van der Waals surface area contributed by atoms with Crippen molar-refractivity contribution in [1.82, 2.24) is 20.3 Å². The number of esters is 1. The van der Waals surface area contributed by atoms with E-state index in [1.807, 2.05) is 0 Å². The number of nitrogens with two attached hydrogens (primary N) is 1. The van der Waals surface area contributed by atoms with Crippen molar-refractivity contribution < 1.29 is 24.2 Å². The van der Waals surface area contributed by atoms with Gasteiger partial charge in [0, 0.05) is 6.54 Å². The van der Waals surface area contributed by atoms with Crippen molar-refractivity contribution in [2.45, 2.75) is 19.0 Å². The smallest absolute Gasteiger partial charge is 0.326 e. The summed E-state index contributed by atoms with van der Waals surface area (Å²) in [6.07, 6.45) is 0.855. The van der Waals surface area contributed by atoms with Crippen LogP contribution in [0.15, 0.2) is 6.20 Å². The number of aliphatic carboxylic acids is 1. The number of hydrogen-bond acceptors (Lipinski definition) is 7. The highest BCUT2D eigenvalue weighted by Crippen LogP contribution is 1.99. The molecule has 1 heterocycles. The first-order chi connectivity index (χ1) is 9.47. The Morgan fingerprint density at radius 2 is 2.25 bits per heavy atom. The Bertz CT molecular complexity index is 500. The Morgan fingerprint density at radius 3 is 2.80 bits per heavy atom. The highest BCUT2D eigenvalue weighted by Gasteiger charge is 2.25. The Morgan fingerprint density at radius 1 is 1.55 bits per heavy atom. The summed E-state index contributed by atoms with van der Waals surface area (Å²) in [4.78, 5) is 33.8. The normalized spacial score (nSPS) is 11.7. The number of carboxylic acids is 1. The predicted molar refractivity (Wildman–Crippen MR) is 64.6 cm³/mol. The first-order valence-corrected chi connectivity index (χ1v) is 5.68. The molecule has 1 atom stereocenters. The van der Waals surface area contributed by atoms with Crippen LogP contribution in [0.3, 0.4) is 0 Å². The molecule has 10 heteroatoms. The van der Waals surface area contributed by atoms with E-state index >= 15 is 0 Å². The lowest BCUT2D eigenvalue weighted by molar-refractivity contribution is -0.147. The lowest BCUT2D eigenvalue weighted by Gasteiger charge is -2.11. The lowest BCUT2D eigenvalue weighted by atomic mass is 10.2. The zero-order valence-electron chi connectivity index (χ0n) is 10.8. The van der Waals surface area contributed by atoms with Crippen molar-refractivity contribution >= 4 is 17.8 Å². The minimum Gasteiger partial charge on any atom is -0.480 e. The van der Waals surface area contributed by atoms with Crippen LogP contribution in [-0.4, -0.2) is 57.6 Å². The maximum Gasteiger partial charge on any atom is 0.326 e. The summed E-state index contributed by atoms with van der Waals surface area (Å²) >= 11 is 0. The van der Waals surface area contributed by atoms with Crippen molar-refractivity contribution in [2.24, 2.45) is 5.73 Å². The Labute approximate surface area is 113 Å². The number of carbonyl (C=O) groups is 3. The van der Waals surface area contributed by atoms with Crippen LogP contribution in [0.1, 0.15) is 16.9 Å². The number of nitrogens with zero attached hydrogens (tertiary/aromatic N) is 3. The fraction of sp³-hybridized carbons (Fsp3) is 0.500. The van der Waals surface area contributed by atoms with Gasteiger partial charge in [-0.25, -0.2) is 4.79 Å². The number of carbonyl (C=O) groups excluding carboxylic acids is 2. The number of hydrogen-bond donors (Lipinski definition) is 3. The molecule has 0 aliphatic rings. The van der Waals surface area contributed by atoms with Crippen LogP contribution in [0.25, 0.3) is 0 Å². The van der Waals surface area contributed by atoms with Crippen molar-refractivity contribution in [3.63, 3.8) is 0 Å². The Hall–Kier alpha value is -2.49. The first-order valence-electron chi connectivity index (χ1n) is 5.68. The van der Waals surface area contributed by atoms with E-state index in [9.17, 15) is 14.4 Å². The molecule has 1 rings (SSSR count). The summed E-state index contributed by atoms with van der Waals surface area (Å²) < 4.78 is 5.71. The Balaban J connectivity index is 2.69. The fourth-order valence-electron chi connectivity index (χ4n) is 1.33. The van der Waals surface area contributed by atoms with Crippen LogP contribution in [0, 0.1) is 0 Å². The second-order valence-corrected chi connectivity index (χ2v) is 3.80. The standard InChI is InChI=1S/C10H15N5O5/c1-20-8(16)4-6(10(18)19)12-9(17)7-5-15(3-2-11)14-13-7/h5-6H,2-4,11H2,1H3,(H,12,17)(H,18,19)/t6-/m0/s1. The fourth-order valence-corrected chi connectivity index (χ4v) is 1.33. The summed E-state index contributed by atoms with van der Waals surface area (Å²) in [5, 5.41) is 18.3. The lowest BCUT2D eigenvalue weighted by Crippen LogP contribution is -2.42. The number of amides is 1. The van der Waals surface area contributed by atoms with Crippen molar-refractivity contribution in [1.29, 1.82) is 0 Å². The molecule has 0 aliphatic carbocycles. The molecular weight excluding hydrogens is 270 g/mol. The van der Waals surface area contributed by atoms with Gasteiger partial charge in [-0.15, -0.1) is 5.10 Å². The van der Waals surface area contributed by atoms with E-state index in [0.717, 1.165) is 7.11 Å². The molecule has 0 aromatic carbocycles. The zero-order valence-corrected chi connectivity index (χ0v) is 10.8. The Kier molecular flexibility index (Phi) is 5.59. The van der Waals surface area contributed by atoms with E-state index in [2.05, 4.69) is 20.4 Å². The van der Waals surface area contributed by atoms with Crippen molar-refractivity contribution in [3.05, 3.63) is 11.9 Å². The summed E-state index contributed by atoms with van der Waals surface area (Å²) in [6.45, 7) is 0.704. The summed E-state index contributed by atoms with van der Waals surface area (Å²) in [5.74, 6) is -2.84. The molecule has 0 fully saturated rings. The molecule has 1 aromatic heterocycles. The SMILES string of the molecule is COC(=O)C[C@H](NC(=O)c1cn(CCN)nn1)C(=O)O. The van der Waals surface area contributed by atoms with Gasteiger partial charge in [-0.2, -0.15) is 0 Å². The van der Waals surface area contributed by atoms with Crippen molar-refractivity contribution in [3.8, 4) is 0 Å². The van der Waals surface area contributed by atoms with E-state index < -0.39 is 30.3 Å². The van der Waals surface area contributed by atoms with Gasteiger partial charge in [0.25, 0.3) is 5.91 Å². The molecule has 110 valence electrons. The summed E-state index contributed by atoms with van der Waals surface area (Å²) in [7, 11) is 1.13. The maximum atomic E-state index is 11.8.